The van der Waals surface area contributed by atoms with Crippen LogP contribution in [0.3, 0.4) is 0 Å². The fourth-order valence-corrected chi connectivity index (χ4v) is 2.06. The zero-order valence-corrected chi connectivity index (χ0v) is 11.1. The van der Waals surface area contributed by atoms with Gasteiger partial charge in [0.1, 0.15) is 18.0 Å². The van der Waals surface area contributed by atoms with E-state index >= 15 is 0 Å². The number of nitriles is 1. The lowest BCUT2D eigenvalue weighted by Crippen LogP contribution is -2.40. The quantitative estimate of drug-likeness (QED) is 0.522. The van der Waals surface area contributed by atoms with E-state index in [0.29, 0.717) is 31.9 Å². The Balaban J connectivity index is 1.96. The standard InChI is InChI=1S/C12H14N6O3/c13-5-9(6-14-12-15-7-16-17-12)10(19)18-3-1-8(2-4-18)11(20)21/h6-8H,1-4H2,(H,20,21)(H2,14,15,16,17)/b9-6-. The molecule has 0 saturated carbocycles. The first kappa shape index (κ1) is 14.5. The van der Waals surface area contributed by atoms with E-state index in [1.54, 1.807) is 0 Å². The summed E-state index contributed by atoms with van der Waals surface area (Å²) in [5.74, 6) is -1.37. The molecule has 1 saturated heterocycles. The number of aliphatic carboxylic acids is 1. The molecule has 1 fully saturated rings. The van der Waals surface area contributed by atoms with Crippen LogP contribution in [0.2, 0.25) is 0 Å². The van der Waals surface area contributed by atoms with Gasteiger partial charge in [-0.2, -0.15) is 15.3 Å². The highest BCUT2D eigenvalue weighted by Crippen LogP contribution is 2.18. The van der Waals surface area contributed by atoms with Crippen LogP contribution in [-0.2, 0) is 9.59 Å². The molecule has 110 valence electrons. The molecular formula is C12H14N6O3. The summed E-state index contributed by atoms with van der Waals surface area (Å²) in [5, 5.41) is 26.8. The first-order valence-electron chi connectivity index (χ1n) is 6.36. The van der Waals surface area contributed by atoms with Gasteiger partial charge in [0, 0.05) is 19.3 Å². The second-order valence-corrected chi connectivity index (χ2v) is 4.55. The average Bonchev–Trinajstić information content (AvgIpc) is 3.01. The second-order valence-electron chi connectivity index (χ2n) is 4.55. The number of carbonyl (C=O) groups is 2. The van der Waals surface area contributed by atoms with Crippen molar-refractivity contribution in [3.05, 3.63) is 18.1 Å². The number of H-pyrrole nitrogens is 1. The van der Waals surface area contributed by atoms with E-state index in [1.807, 2.05) is 6.07 Å². The third kappa shape index (κ3) is 3.56. The number of carboxylic acids is 1. The Morgan fingerprint density at radius 1 is 1.52 bits per heavy atom. The third-order valence-electron chi connectivity index (χ3n) is 3.25. The van der Waals surface area contributed by atoms with E-state index in [1.165, 1.54) is 17.4 Å². The molecule has 2 heterocycles. The average molecular weight is 290 g/mol. The summed E-state index contributed by atoms with van der Waals surface area (Å²) in [7, 11) is 0. The van der Waals surface area contributed by atoms with Crippen molar-refractivity contribution in [1.82, 2.24) is 20.1 Å². The van der Waals surface area contributed by atoms with Gasteiger partial charge in [0.2, 0.25) is 5.95 Å². The lowest BCUT2D eigenvalue weighted by Gasteiger charge is -2.29. The Hall–Kier alpha value is -2.89. The molecule has 0 atom stereocenters. The molecule has 1 aromatic rings. The molecule has 0 spiro atoms. The summed E-state index contributed by atoms with van der Waals surface area (Å²) in [6, 6.07) is 1.82. The van der Waals surface area contributed by atoms with Crippen LogP contribution < -0.4 is 5.32 Å². The zero-order chi connectivity index (χ0) is 15.2. The largest absolute Gasteiger partial charge is 0.481 e. The number of carboxylic acid groups (broad SMARTS) is 1. The maximum Gasteiger partial charge on any atom is 0.306 e. The monoisotopic (exact) mass is 290 g/mol. The van der Waals surface area contributed by atoms with Crippen molar-refractivity contribution in [3.8, 4) is 6.07 Å². The molecule has 21 heavy (non-hydrogen) atoms. The van der Waals surface area contributed by atoms with Crippen LogP contribution in [0, 0.1) is 17.2 Å². The topological polar surface area (TPSA) is 135 Å². The number of nitrogens with one attached hydrogen (secondary N) is 2. The predicted octanol–water partition coefficient (Wildman–Crippen LogP) is -0.0527. The van der Waals surface area contributed by atoms with Crippen LogP contribution in [0.25, 0.3) is 0 Å². The zero-order valence-electron chi connectivity index (χ0n) is 11.1. The Labute approximate surface area is 120 Å². The summed E-state index contributed by atoms with van der Waals surface area (Å²) in [4.78, 5) is 28.3. The fourth-order valence-electron chi connectivity index (χ4n) is 2.06. The van der Waals surface area contributed by atoms with Gasteiger partial charge in [0.25, 0.3) is 5.91 Å². The van der Waals surface area contributed by atoms with Gasteiger partial charge in [-0.3, -0.25) is 9.59 Å². The van der Waals surface area contributed by atoms with Crippen molar-refractivity contribution in [2.75, 3.05) is 18.4 Å². The third-order valence-corrected chi connectivity index (χ3v) is 3.25. The molecule has 1 aromatic heterocycles. The number of aromatic amines is 1. The number of hydrogen-bond acceptors (Lipinski definition) is 6. The molecule has 0 radical (unpaired) electrons. The van der Waals surface area contributed by atoms with Gasteiger partial charge in [0.05, 0.1) is 5.92 Å². The highest BCUT2D eigenvalue weighted by Gasteiger charge is 2.28. The molecular weight excluding hydrogens is 276 g/mol. The predicted molar refractivity (Wildman–Crippen MR) is 70.6 cm³/mol. The van der Waals surface area contributed by atoms with Crippen molar-refractivity contribution in [2.24, 2.45) is 5.92 Å². The highest BCUT2D eigenvalue weighted by molar-refractivity contribution is 5.97. The number of aromatic nitrogens is 3. The van der Waals surface area contributed by atoms with E-state index in [0.717, 1.165) is 0 Å². The molecule has 0 aromatic carbocycles. The van der Waals surface area contributed by atoms with E-state index in [9.17, 15) is 9.59 Å². The first-order valence-corrected chi connectivity index (χ1v) is 6.36. The van der Waals surface area contributed by atoms with Gasteiger partial charge >= 0.3 is 5.97 Å². The Bertz CT molecular complexity index is 581. The van der Waals surface area contributed by atoms with E-state index in [2.05, 4.69) is 20.5 Å². The minimum Gasteiger partial charge on any atom is -0.481 e. The fraction of sp³-hybridized carbons (Fsp3) is 0.417. The molecule has 1 amide bonds. The molecule has 0 unspecified atom stereocenters. The van der Waals surface area contributed by atoms with E-state index in [4.69, 9.17) is 10.4 Å². The van der Waals surface area contributed by atoms with Gasteiger partial charge in [-0.05, 0) is 12.8 Å². The Morgan fingerprint density at radius 3 is 2.76 bits per heavy atom. The van der Waals surface area contributed by atoms with Crippen molar-refractivity contribution < 1.29 is 14.7 Å². The molecule has 0 aliphatic carbocycles. The smallest absolute Gasteiger partial charge is 0.306 e. The van der Waals surface area contributed by atoms with Crippen LogP contribution in [0.1, 0.15) is 12.8 Å². The normalized spacial score (nSPS) is 16.3. The first-order chi connectivity index (χ1) is 10.1. The highest BCUT2D eigenvalue weighted by atomic mass is 16.4. The van der Waals surface area contributed by atoms with E-state index in [-0.39, 0.29) is 5.57 Å². The number of hydrogen-bond donors (Lipinski definition) is 3. The van der Waals surface area contributed by atoms with Crippen molar-refractivity contribution in [3.63, 3.8) is 0 Å². The minimum absolute atomic E-state index is 0.0693. The number of anilines is 1. The van der Waals surface area contributed by atoms with Crippen LogP contribution >= 0.6 is 0 Å². The lowest BCUT2D eigenvalue weighted by atomic mass is 9.97. The SMILES string of the molecule is N#C/C(=C/Nc1ncn[nH]1)C(=O)N1CCC(C(=O)O)CC1. The molecule has 9 heteroatoms. The van der Waals surface area contributed by atoms with Gasteiger partial charge in [0.15, 0.2) is 0 Å². The summed E-state index contributed by atoms with van der Waals surface area (Å²) >= 11 is 0. The van der Waals surface area contributed by atoms with Crippen LogP contribution in [0.4, 0.5) is 5.95 Å². The number of nitrogens with zero attached hydrogens (tertiary/aromatic N) is 4. The summed E-state index contributed by atoms with van der Waals surface area (Å²) in [5.41, 5.74) is -0.0693. The molecule has 2 rings (SSSR count). The van der Waals surface area contributed by atoms with Crippen LogP contribution in [0.5, 0.6) is 0 Å². The maximum absolute atomic E-state index is 12.2. The van der Waals surface area contributed by atoms with Crippen molar-refractivity contribution >= 4 is 17.8 Å². The molecule has 9 nitrogen and oxygen atoms in total. The van der Waals surface area contributed by atoms with Gasteiger partial charge < -0.3 is 15.3 Å². The van der Waals surface area contributed by atoms with Crippen LogP contribution in [-0.4, -0.2) is 50.2 Å². The molecule has 1 aliphatic heterocycles. The summed E-state index contributed by atoms with van der Waals surface area (Å²) in [6.07, 6.45) is 3.34. The molecule has 3 N–H and O–H groups in total. The molecule has 0 bridgehead atoms. The van der Waals surface area contributed by atoms with Gasteiger partial charge in [-0.15, -0.1) is 0 Å². The number of amides is 1. The molecule has 1 aliphatic rings. The number of carbonyl (C=O) groups excluding carboxylic acids is 1. The van der Waals surface area contributed by atoms with E-state index < -0.39 is 17.8 Å². The second kappa shape index (κ2) is 6.51. The summed E-state index contributed by atoms with van der Waals surface area (Å²) in [6.45, 7) is 0.661. The maximum atomic E-state index is 12.2. The van der Waals surface area contributed by atoms with Crippen molar-refractivity contribution in [2.45, 2.75) is 12.8 Å². The minimum atomic E-state index is -0.842. The van der Waals surface area contributed by atoms with Crippen molar-refractivity contribution in [1.29, 1.82) is 5.26 Å². The number of piperidine rings is 1. The Kier molecular flexibility index (Phi) is 4.50. The number of rotatable bonds is 4. The van der Waals surface area contributed by atoms with Gasteiger partial charge in [-0.25, -0.2) is 5.10 Å². The van der Waals surface area contributed by atoms with Crippen LogP contribution in [0.15, 0.2) is 18.1 Å². The number of likely N-dealkylation sites (tertiary alicyclic amines) is 1. The lowest BCUT2D eigenvalue weighted by molar-refractivity contribution is -0.145. The van der Waals surface area contributed by atoms with Gasteiger partial charge in [-0.1, -0.05) is 0 Å². The Morgan fingerprint density at radius 2 is 2.24 bits per heavy atom. The summed E-state index contributed by atoms with van der Waals surface area (Å²) < 4.78 is 0.